The van der Waals surface area contributed by atoms with Crippen molar-refractivity contribution in [2.24, 2.45) is 11.8 Å². The highest BCUT2D eigenvalue weighted by atomic mass is 16.7. The average molecular weight is 679 g/mol. The quantitative estimate of drug-likeness (QED) is 0.217. The number of Topliss-reactive ketones (excluding diaryl/α,β-unsaturated/α-hetero) is 1. The highest BCUT2D eigenvalue weighted by Gasteiger charge is 2.52. The lowest BCUT2D eigenvalue weighted by Gasteiger charge is -2.33. The van der Waals surface area contributed by atoms with Crippen molar-refractivity contribution in [2.75, 3.05) is 19.8 Å². The maximum Gasteiger partial charge on any atom is 0.160 e. The van der Waals surface area contributed by atoms with E-state index in [1.54, 1.807) is 0 Å². The molecule has 0 spiro atoms. The molecule has 0 radical (unpaired) electrons. The van der Waals surface area contributed by atoms with Crippen LogP contribution in [0.5, 0.6) is 0 Å². The normalized spacial score (nSPS) is 39.5. The van der Waals surface area contributed by atoms with Crippen molar-refractivity contribution in [3.63, 3.8) is 0 Å². The van der Waals surface area contributed by atoms with Gasteiger partial charge < -0.3 is 43.1 Å². The lowest BCUT2D eigenvalue weighted by molar-refractivity contribution is -0.220. The predicted molar refractivity (Wildman–Crippen MR) is 182 cm³/mol. The van der Waals surface area contributed by atoms with Gasteiger partial charge in [-0.25, -0.2) is 0 Å². The van der Waals surface area contributed by atoms with E-state index >= 15 is 0 Å². The van der Waals surface area contributed by atoms with Gasteiger partial charge in [0.25, 0.3) is 0 Å². The van der Waals surface area contributed by atoms with Gasteiger partial charge in [-0.15, -0.1) is 0 Å². The number of aldehydes is 1. The van der Waals surface area contributed by atoms with Crippen LogP contribution in [0.2, 0.25) is 0 Å². The maximum absolute atomic E-state index is 12.3. The largest absolute Gasteiger partial charge is 0.393 e. The molecule has 6 fully saturated rings. The van der Waals surface area contributed by atoms with Crippen LogP contribution in [-0.4, -0.2) is 104 Å². The van der Waals surface area contributed by atoms with Gasteiger partial charge in [-0.3, -0.25) is 4.79 Å². The zero-order valence-corrected chi connectivity index (χ0v) is 30.0. The van der Waals surface area contributed by atoms with Crippen molar-refractivity contribution in [1.29, 1.82) is 0 Å². The van der Waals surface area contributed by atoms with Crippen molar-refractivity contribution >= 4 is 12.1 Å². The molecule has 0 aromatic heterocycles. The number of aliphatic hydroxyl groups is 1. The van der Waals surface area contributed by atoms with Crippen LogP contribution in [-0.2, 0) is 42.7 Å². The van der Waals surface area contributed by atoms with Crippen LogP contribution >= 0.6 is 0 Å². The molecule has 6 rings (SSSR count). The summed E-state index contributed by atoms with van der Waals surface area (Å²) in [5.74, 6) is 0.831. The Morgan fingerprint density at radius 1 is 0.896 bits per heavy atom. The zero-order chi connectivity index (χ0) is 34.8. The molecule has 0 saturated carbocycles. The van der Waals surface area contributed by atoms with Crippen LogP contribution in [0.25, 0.3) is 0 Å². The fourth-order valence-electron chi connectivity index (χ4n) is 7.53. The van der Waals surface area contributed by atoms with Crippen LogP contribution in [0.4, 0.5) is 0 Å². The monoisotopic (exact) mass is 678 g/mol. The van der Waals surface area contributed by atoms with Crippen LogP contribution in [0.3, 0.4) is 0 Å². The van der Waals surface area contributed by atoms with E-state index in [2.05, 4.69) is 40.9 Å². The summed E-state index contributed by atoms with van der Waals surface area (Å²) < 4.78 is 40.3. The van der Waals surface area contributed by atoms with Gasteiger partial charge in [0.15, 0.2) is 6.29 Å². The highest BCUT2D eigenvalue weighted by molar-refractivity contribution is 5.79. The third-order valence-corrected chi connectivity index (χ3v) is 10.5. The number of hydrogen-bond donors (Lipinski definition) is 1. The standard InChI is InChI=1S/C21H32O8.C10H18O.C7H12O/c1-12-20-21-18(27-12)9-19(29-21)26-11-17(28-20)3-2-14(23)8-15(24)6-13-7-16(4-5-22)25-10-13;1-5-10-6-7(2)8(3)9(4)11-10;1-3-7-4-6(2)5-8-7/h5,12-14,16-21,23H,2-4,6-11H2,1H3;7,9-10H,3,5-6H2,1-2,4H3;7H,2-5H2,1H3/t12?,13?,14?,16-,17?,18?,19?,20-,21?;;/m1../s1. The van der Waals surface area contributed by atoms with Crippen LogP contribution in [0.1, 0.15) is 105 Å². The molecule has 2 bridgehead atoms. The molecule has 1 N–H and O–H groups in total. The van der Waals surface area contributed by atoms with E-state index in [0.29, 0.717) is 57.0 Å². The number of carbonyl (C=O) groups is 2. The van der Waals surface area contributed by atoms with Crippen LogP contribution < -0.4 is 0 Å². The Morgan fingerprint density at radius 2 is 1.67 bits per heavy atom. The second-order valence-corrected chi connectivity index (χ2v) is 14.7. The molecule has 11 unspecified atom stereocenters. The van der Waals surface area contributed by atoms with Gasteiger partial charge in [-0.2, -0.15) is 0 Å². The second kappa shape index (κ2) is 19.2. The van der Waals surface area contributed by atoms with Gasteiger partial charge in [-0.1, -0.05) is 33.9 Å². The summed E-state index contributed by atoms with van der Waals surface area (Å²) in [5, 5.41) is 10.3. The smallest absolute Gasteiger partial charge is 0.160 e. The third kappa shape index (κ3) is 11.5. The van der Waals surface area contributed by atoms with Crippen LogP contribution in [0.15, 0.2) is 24.3 Å². The van der Waals surface area contributed by atoms with Gasteiger partial charge in [0.1, 0.15) is 24.3 Å². The average Bonchev–Trinajstić information content (AvgIpc) is 3.83. The van der Waals surface area contributed by atoms with E-state index in [9.17, 15) is 14.7 Å². The third-order valence-electron chi connectivity index (χ3n) is 10.5. The minimum absolute atomic E-state index is 0.0188. The van der Waals surface area contributed by atoms with E-state index < -0.39 is 6.10 Å². The Labute approximate surface area is 288 Å². The zero-order valence-electron chi connectivity index (χ0n) is 30.0. The molecule has 6 aliphatic rings. The summed E-state index contributed by atoms with van der Waals surface area (Å²) in [4.78, 5) is 22.9. The molecular weight excluding hydrogens is 616 g/mol. The minimum Gasteiger partial charge on any atom is -0.393 e. The Morgan fingerprint density at radius 3 is 2.31 bits per heavy atom. The van der Waals surface area contributed by atoms with Gasteiger partial charge in [0.05, 0.1) is 68.7 Å². The van der Waals surface area contributed by atoms with Gasteiger partial charge >= 0.3 is 0 Å². The van der Waals surface area contributed by atoms with E-state index in [4.69, 9.17) is 33.2 Å². The van der Waals surface area contributed by atoms with Gasteiger partial charge in [0.2, 0.25) is 0 Å². The molecule has 6 saturated heterocycles. The Hall–Kier alpha value is -1.50. The number of carbonyl (C=O) groups excluding carboxylic acids is 2. The lowest BCUT2D eigenvalue weighted by atomic mass is 9.89. The Balaban J connectivity index is 0.000000223. The highest BCUT2D eigenvalue weighted by Crippen LogP contribution is 2.39. The topological polar surface area (TPSA) is 119 Å². The molecule has 0 amide bonds. The van der Waals surface area contributed by atoms with Crippen molar-refractivity contribution in [1.82, 2.24) is 0 Å². The van der Waals surface area contributed by atoms with E-state index in [1.807, 2.05) is 6.92 Å². The second-order valence-electron chi connectivity index (χ2n) is 14.7. The molecule has 0 aliphatic carbocycles. The van der Waals surface area contributed by atoms with Crippen molar-refractivity contribution in [3.05, 3.63) is 24.3 Å². The van der Waals surface area contributed by atoms with Crippen LogP contribution in [0, 0.1) is 11.8 Å². The molecule has 6 aliphatic heterocycles. The fourth-order valence-corrected chi connectivity index (χ4v) is 7.53. The fraction of sp³-hybridized carbons (Fsp3) is 0.842. The lowest BCUT2D eigenvalue weighted by Crippen LogP contribution is -2.41. The first-order valence-corrected chi connectivity index (χ1v) is 18.4. The number of hydrogen-bond acceptors (Lipinski definition) is 10. The van der Waals surface area contributed by atoms with E-state index in [-0.39, 0.29) is 67.1 Å². The minimum atomic E-state index is -0.692. The summed E-state index contributed by atoms with van der Waals surface area (Å²) in [7, 11) is 0. The van der Waals surface area contributed by atoms with Gasteiger partial charge in [-0.05, 0) is 81.8 Å². The summed E-state index contributed by atoms with van der Waals surface area (Å²) in [6, 6.07) is 0. The Bertz CT molecular complexity index is 1030. The molecule has 10 nitrogen and oxygen atoms in total. The summed E-state index contributed by atoms with van der Waals surface area (Å²) >= 11 is 0. The Kier molecular flexibility index (Phi) is 15.7. The first-order chi connectivity index (χ1) is 23.0. The molecule has 6 heterocycles. The number of fused-ring (bicyclic) bond motifs is 1. The van der Waals surface area contributed by atoms with E-state index in [1.165, 1.54) is 11.1 Å². The van der Waals surface area contributed by atoms with Crippen molar-refractivity contribution in [2.45, 2.75) is 173 Å². The molecule has 13 atom stereocenters. The molecule has 48 heavy (non-hydrogen) atoms. The molecular formula is C38H62O10. The molecule has 0 aromatic carbocycles. The maximum atomic E-state index is 12.3. The molecule has 0 aromatic rings. The SMILES string of the molecule is C=C1C(C)CC(CC)OC1C.C=C1COC(CC)C1.CC1OC2CC3OCC(CCC(O)CC(=O)CC4CO[C@H](CC=O)C4)O[C@H]1C2O3. The molecule has 274 valence electrons. The number of aliphatic hydroxyl groups excluding tert-OH is 1. The summed E-state index contributed by atoms with van der Waals surface area (Å²) in [6.45, 7) is 20.2. The summed E-state index contributed by atoms with van der Waals surface area (Å²) in [5.41, 5.74) is 2.51. The molecule has 10 heteroatoms. The van der Waals surface area contributed by atoms with Crippen molar-refractivity contribution < 1.29 is 47.9 Å². The number of ketones is 1. The summed E-state index contributed by atoms with van der Waals surface area (Å²) in [6.07, 6.45) is 8.72. The van der Waals surface area contributed by atoms with E-state index in [0.717, 1.165) is 51.4 Å². The predicted octanol–water partition coefficient (Wildman–Crippen LogP) is 5.66. The van der Waals surface area contributed by atoms with Crippen molar-refractivity contribution in [3.8, 4) is 0 Å². The van der Waals surface area contributed by atoms with Gasteiger partial charge in [0, 0.05) is 25.7 Å². The number of ether oxygens (including phenoxy) is 7. The number of rotatable bonds is 11. The first kappa shape index (κ1) is 39.3. The first-order valence-electron chi connectivity index (χ1n) is 18.4.